The first-order valence-corrected chi connectivity index (χ1v) is 9.61. The molecule has 0 aliphatic heterocycles. The standard InChI is InChI=1S/C20H19N5O2S/c1-21-19(26)17-11-14(7-8-22-17)27-13-5-6-18-16(10-13)24-20(25(18)2)23-12-15-4-3-9-28-15/h3-11H,12H2,1-2H3,(H,21,26)(H,23,24). The van der Waals surface area contributed by atoms with Crippen LogP contribution in [0.15, 0.2) is 54.0 Å². The lowest BCUT2D eigenvalue weighted by atomic mass is 10.3. The molecule has 0 bridgehead atoms. The van der Waals surface area contributed by atoms with Gasteiger partial charge >= 0.3 is 0 Å². The molecule has 7 nitrogen and oxygen atoms in total. The van der Waals surface area contributed by atoms with E-state index >= 15 is 0 Å². The van der Waals surface area contributed by atoms with Gasteiger partial charge < -0.3 is 19.9 Å². The first kappa shape index (κ1) is 18.0. The Morgan fingerprint density at radius 2 is 2.07 bits per heavy atom. The molecule has 0 spiro atoms. The number of aromatic nitrogens is 3. The molecule has 0 atom stereocenters. The minimum atomic E-state index is -0.257. The van der Waals surface area contributed by atoms with Crippen LogP contribution in [0.2, 0.25) is 0 Å². The second kappa shape index (κ2) is 7.69. The van der Waals surface area contributed by atoms with E-state index in [1.54, 1.807) is 36.7 Å². The molecule has 3 aromatic heterocycles. The maximum absolute atomic E-state index is 11.7. The maximum Gasteiger partial charge on any atom is 0.269 e. The van der Waals surface area contributed by atoms with E-state index < -0.39 is 0 Å². The van der Waals surface area contributed by atoms with Gasteiger partial charge in [0.2, 0.25) is 5.95 Å². The maximum atomic E-state index is 11.7. The predicted octanol–water partition coefficient (Wildman–Crippen LogP) is 3.79. The Morgan fingerprint density at radius 1 is 1.21 bits per heavy atom. The summed E-state index contributed by atoms with van der Waals surface area (Å²) in [6.45, 7) is 0.734. The van der Waals surface area contributed by atoms with Crippen molar-refractivity contribution in [2.45, 2.75) is 6.54 Å². The molecule has 0 aliphatic carbocycles. The molecular weight excluding hydrogens is 374 g/mol. The number of thiophene rings is 1. The van der Waals surface area contributed by atoms with Crippen LogP contribution in [-0.4, -0.2) is 27.5 Å². The van der Waals surface area contributed by atoms with Gasteiger partial charge in [-0.15, -0.1) is 11.3 Å². The zero-order valence-corrected chi connectivity index (χ0v) is 16.3. The van der Waals surface area contributed by atoms with Crippen LogP contribution in [-0.2, 0) is 13.6 Å². The van der Waals surface area contributed by atoms with Crippen molar-refractivity contribution in [1.82, 2.24) is 19.9 Å². The monoisotopic (exact) mass is 393 g/mol. The van der Waals surface area contributed by atoms with Gasteiger partial charge in [0.1, 0.15) is 17.2 Å². The lowest BCUT2D eigenvalue weighted by molar-refractivity contribution is 0.0958. The second-order valence-electron chi connectivity index (χ2n) is 6.14. The Hall–Kier alpha value is -3.39. The topological polar surface area (TPSA) is 81.1 Å². The van der Waals surface area contributed by atoms with Gasteiger partial charge in [-0.1, -0.05) is 6.07 Å². The SMILES string of the molecule is CNC(=O)c1cc(Oc2ccc3c(c2)nc(NCc2cccs2)n3C)ccn1. The Balaban J connectivity index is 1.55. The summed E-state index contributed by atoms with van der Waals surface area (Å²) in [7, 11) is 3.54. The Kier molecular flexibility index (Phi) is 4.94. The van der Waals surface area contributed by atoms with Crippen molar-refractivity contribution < 1.29 is 9.53 Å². The van der Waals surface area contributed by atoms with E-state index in [0.29, 0.717) is 17.2 Å². The number of nitrogens with one attached hydrogen (secondary N) is 2. The Morgan fingerprint density at radius 3 is 2.86 bits per heavy atom. The van der Waals surface area contributed by atoms with E-state index in [-0.39, 0.29) is 5.91 Å². The molecule has 1 aromatic carbocycles. The van der Waals surface area contributed by atoms with Crippen molar-refractivity contribution in [3.05, 3.63) is 64.6 Å². The summed E-state index contributed by atoms with van der Waals surface area (Å²) in [6, 6.07) is 13.2. The number of hydrogen-bond acceptors (Lipinski definition) is 6. The number of anilines is 1. The number of imidazole rings is 1. The molecule has 4 rings (SSSR count). The van der Waals surface area contributed by atoms with Gasteiger partial charge in [0, 0.05) is 37.3 Å². The van der Waals surface area contributed by atoms with Gasteiger partial charge in [-0.05, 0) is 29.6 Å². The molecule has 0 unspecified atom stereocenters. The number of aryl methyl sites for hydroxylation is 1. The number of amides is 1. The van der Waals surface area contributed by atoms with E-state index in [2.05, 4.69) is 32.0 Å². The van der Waals surface area contributed by atoms with Gasteiger partial charge in [0.15, 0.2) is 0 Å². The molecule has 28 heavy (non-hydrogen) atoms. The normalized spacial score (nSPS) is 10.8. The van der Waals surface area contributed by atoms with Crippen molar-refractivity contribution in [2.75, 3.05) is 12.4 Å². The third kappa shape index (κ3) is 3.67. The van der Waals surface area contributed by atoms with Crippen molar-refractivity contribution in [1.29, 1.82) is 0 Å². The quantitative estimate of drug-likeness (QED) is 0.521. The van der Waals surface area contributed by atoms with Crippen molar-refractivity contribution in [2.24, 2.45) is 7.05 Å². The number of ether oxygens (including phenoxy) is 1. The first-order chi connectivity index (χ1) is 13.6. The van der Waals surface area contributed by atoms with Crippen molar-refractivity contribution >= 4 is 34.2 Å². The number of nitrogens with zero attached hydrogens (tertiary/aromatic N) is 3. The van der Waals surface area contributed by atoms with Crippen LogP contribution in [0.3, 0.4) is 0 Å². The second-order valence-corrected chi connectivity index (χ2v) is 7.17. The van der Waals surface area contributed by atoms with E-state index in [1.165, 1.54) is 4.88 Å². The molecule has 2 N–H and O–H groups in total. The van der Waals surface area contributed by atoms with Crippen LogP contribution in [0.1, 0.15) is 15.4 Å². The summed E-state index contributed by atoms with van der Waals surface area (Å²) in [5.41, 5.74) is 2.13. The fraction of sp³-hybridized carbons (Fsp3) is 0.150. The van der Waals surface area contributed by atoms with E-state index in [4.69, 9.17) is 4.74 Å². The number of carbonyl (C=O) groups excluding carboxylic acids is 1. The number of hydrogen-bond donors (Lipinski definition) is 2. The summed E-state index contributed by atoms with van der Waals surface area (Å²) < 4.78 is 7.92. The van der Waals surface area contributed by atoms with Crippen LogP contribution < -0.4 is 15.4 Å². The van der Waals surface area contributed by atoms with E-state index in [0.717, 1.165) is 23.5 Å². The minimum absolute atomic E-state index is 0.257. The smallest absolute Gasteiger partial charge is 0.269 e. The van der Waals surface area contributed by atoms with Crippen LogP contribution in [0.4, 0.5) is 5.95 Å². The van der Waals surface area contributed by atoms with E-state index in [1.807, 2.05) is 35.9 Å². The predicted molar refractivity (Wildman–Crippen MR) is 110 cm³/mol. The average molecular weight is 393 g/mol. The summed E-state index contributed by atoms with van der Waals surface area (Å²) in [4.78, 5) is 21.7. The van der Waals surface area contributed by atoms with Crippen molar-refractivity contribution in [3.8, 4) is 11.5 Å². The molecule has 8 heteroatoms. The number of fused-ring (bicyclic) bond motifs is 1. The summed E-state index contributed by atoms with van der Waals surface area (Å²) in [5.74, 6) is 1.72. The van der Waals surface area contributed by atoms with Gasteiger partial charge in [0.05, 0.1) is 17.6 Å². The zero-order chi connectivity index (χ0) is 19.5. The minimum Gasteiger partial charge on any atom is -0.457 e. The molecule has 0 fully saturated rings. The fourth-order valence-electron chi connectivity index (χ4n) is 2.84. The molecule has 1 amide bonds. The third-order valence-corrected chi connectivity index (χ3v) is 5.16. The highest BCUT2D eigenvalue weighted by Crippen LogP contribution is 2.27. The fourth-order valence-corrected chi connectivity index (χ4v) is 3.49. The number of pyridine rings is 1. The molecular formula is C20H19N5O2S. The first-order valence-electron chi connectivity index (χ1n) is 8.73. The van der Waals surface area contributed by atoms with Crippen LogP contribution in [0.5, 0.6) is 11.5 Å². The average Bonchev–Trinajstić information content (AvgIpc) is 3.34. The summed E-state index contributed by atoms with van der Waals surface area (Å²) in [6.07, 6.45) is 1.55. The number of benzene rings is 1. The zero-order valence-electron chi connectivity index (χ0n) is 15.5. The van der Waals surface area contributed by atoms with E-state index in [9.17, 15) is 4.79 Å². The largest absolute Gasteiger partial charge is 0.457 e. The molecule has 0 saturated carbocycles. The summed E-state index contributed by atoms with van der Waals surface area (Å²) >= 11 is 1.71. The Labute approximate surface area is 166 Å². The highest BCUT2D eigenvalue weighted by Gasteiger charge is 2.11. The lowest BCUT2D eigenvalue weighted by Crippen LogP contribution is -2.18. The lowest BCUT2D eigenvalue weighted by Gasteiger charge is -2.07. The van der Waals surface area contributed by atoms with Gasteiger partial charge in [-0.3, -0.25) is 9.78 Å². The molecule has 0 radical (unpaired) electrons. The highest BCUT2D eigenvalue weighted by atomic mass is 32.1. The summed E-state index contributed by atoms with van der Waals surface area (Å²) in [5, 5.41) is 7.98. The molecule has 0 aliphatic rings. The number of rotatable bonds is 6. The van der Waals surface area contributed by atoms with Gasteiger partial charge in [-0.2, -0.15) is 0 Å². The molecule has 3 heterocycles. The Bertz CT molecular complexity index is 1120. The molecule has 142 valence electrons. The van der Waals surface area contributed by atoms with Crippen LogP contribution in [0, 0.1) is 0 Å². The third-order valence-electron chi connectivity index (χ3n) is 4.28. The highest BCUT2D eigenvalue weighted by molar-refractivity contribution is 7.09. The van der Waals surface area contributed by atoms with Gasteiger partial charge in [0.25, 0.3) is 5.91 Å². The molecule has 4 aromatic rings. The van der Waals surface area contributed by atoms with Crippen LogP contribution >= 0.6 is 11.3 Å². The van der Waals surface area contributed by atoms with Crippen molar-refractivity contribution in [3.63, 3.8) is 0 Å². The van der Waals surface area contributed by atoms with Gasteiger partial charge in [-0.25, -0.2) is 4.98 Å². The number of carbonyl (C=O) groups is 1. The molecule has 0 saturated heterocycles. The van der Waals surface area contributed by atoms with Crippen LogP contribution in [0.25, 0.3) is 11.0 Å².